The van der Waals surface area contributed by atoms with E-state index in [1.807, 2.05) is 0 Å². The summed E-state index contributed by atoms with van der Waals surface area (Å²) in [6, 6.07) is 4.57. The predicted octanol–water partition coefficient (Wildman–Crippen LogP) is 3.22. The van der Waals surface area contributed by atoms with Crippen molar-refractivity contribution in [1.82, 2.24) is 0 Å². The second-order valence-corrected chi connectivity index (χ2v) is 4.26. The van der Waals surface area contributed by atoms with Crippen LogP contribution in [0.2, 0.25) is 0 Å². The van der Waals surface area contributed by atoms with Crippen LogP contribution in [0, 0.1) is 5.82 Å². The Bertz CT molecular complexity index is 562. The van der Waals surface area contributed by atoms with Crippen molar-refractivity contribution in [3.05, 3.63) is 35.0 Å². The number of benzene rings is 1. The van der Waals surface area contributed by atoms with Gasteiger partial charge in [0.1, 0.15) is 5.82 Å². The third-order valence-electron chi connectivity index (χ3n) is 2.06. The molecule has 16 heavy (non-hydrogen) atoms. The van der Waals surface area contributed by atoms with Gasteiger partial charge in [0.25, 0.3) is 0 Å². The molecule has 0 bridgehead atoms. The van der Waals surface area contributed by atoms with Crippen LogP contribution < -0.4 is 0 Å². The molecule has 1 N–H and O–H groups in total. The van der Waals surface area contributed by atoms with Crippen LogP contribution in [0.15, 0.2) is 24.3 Å². The first-order chi connectivity index (χ1) is 7.41. The van der Waals surface area contributed by atoms with E-state index in [1.54, 1.807) is 0 Å². The lowest BCUT2D eigenvalue weighted by molar-refractivity contribution is -0.165. The Morgan fingerprint density at radius 2 is 2.00 bits per heavy atom. The molecule has 0 spiro atoms. The number of alkyl halides is 2. The molecule has 0 aliphatic rings. The topological polar surface area (TPSA) is 37.3 Å². The average Bonchev–Trinajstić information content (AvgIpc) is 2.60. The second-order valence-electron chi connectivity index (χ2n) is 3.17. The molecular weight excluding hydrogens is 241 g/mol. The lowest BCUT2D eigenvalue weighted by atomic mass is 10.2. The highest BCUT2D eigenvalue weighted by Crippen LogP contribution is 2.37. The number of thiophene rings is 1. The zero-order chi connectivity index (χ0) is 11.9. The Balaban J connectivity index is 2.59. The summed E-state index contributed by atoms with van der Waals surface area (Å²) in [4.78, 5) is 9.75. The molecule has 0 unspecified atom stereocenters. The molecule has 0 radical (unpaired) electrons. The van der Waals surface area contributed by atoms with Gasteiger partial charge >= 0.3 is 11.9 Å². The highest BCUT2D eigenvalue weighted by atomic mass is 32.1. The van der Waals surface area contributed by atoms with E-state index >= 15 is 0 Å². The van der Waals surface area contributed by atoms with E-state index in [1.165, 1.54) is 6.07 Å². The Kier molecular flexibility index (Phi) is 2.38. The van der Waals surface area contributed by atoms with Crippen LogP contribution in [0.5, 0.6) is 0 Å². The molecule has 1 aromatic heterocycles. The number of carboxylic acid groups (broad SMARTS) is 1. The van der Waals surface area contributed by atoms with Crippen LogP contribution in [0.25, 0.3) is 10.1 Å². The third kappa shape index (κ3) is 1.65. The fourth-order valence-electron chi connectivity index (χ4n) is 1.27. The van der Waals surface area contributed by atoms with Crippen LogP contribution in [-0.2, 0) is 10.7 Å². The standard InChI is InChI=1S/C10H5F3O2S/c11-6-1-2-7-5(3-6)4-8(16-7)10(12,13)9(14)15/h1-4H,(H,14,15). The van der Waals surface area contributed by atoms with Gasteiger partial charge in [-0.2, -0.15) is 8.78 Å². The number of fused-ring (bicyclic) bond motifs is 1. The van der Waals surface area contributed by atoms with Gasteiger partial charge in [-0.3, -0.25) is 0 Å². The highest BCUT2D eigenvalue weighted by molar-refractivity contribution is 7.19. The van der Waals surface area contributed by atoms with E-state index in [0.29, 0.717) is 16.0 Å². The number of carboxylic acids is 1. The molecule has 0 atom stereocenters. The fraction of sp³-hybridized carbons (Fsp3) is 0.100. The lowest BCUT2D eigenvalue weighted by Crippen LogP contribution is -2.23. The van der Waals surface area contributed by atoms with Gasteiger partial charge in [0.05, 0.1) is 4.88 Å². The van der Waals surface area contributed by atoms with Gasteiger partial charge in [0, 0.05) is 4.70 Å². The summed E-state index contributed by atoms with van der Waals surface area (Å²) in [7, 11) is 0. The zero-order valence-electron chi connectivity index (χ0n) is 7.71. The van der Waals surface area contributed by atoms with Crippen LogP contribution in [0.1, 0.15) is 4.88 Å². The first kappa shape index (κ1) is 10.9. The molecular formula is C10H5F3O2S. The number of aliphatic carboxylic acids is 1. The fourth-order valence-corrected chi connectivity index (χ4v) is 2.28. The van der Waals surface area contributed by atoms with Crippen molar-refractivity contribution in [2.24, 2.45) is 0 Å². The minimum absolute atomic E-state index is 0.279. The molecule has 0 aliphatic heterocycles. The monoisotopic (exact) mass is 246 g/mol. The van der Waals surface area contributed by atoms with E-state index < -0.39 is 22.6 Å². The van der Waals surface area contributed by atoms with Crippen LogP contribution in [0.3, 0.4) is 0 Å². The summed E-state index contributed by atoms with van der Waals surface area (Å²) in [5.74, 6) is -6.69. The first-order valence-electron chi connectivity index (χ1n) is 4.22. The average molecular weight is 246 g/mol. The van der Waals surface area contributed by atoms with Gasteiger partial charge in [0.15, 0.2) is 0 Å². The maximum absolute atomic E-state index is 13.1. The highest BCUT2D eigenvalue weighted by Gasteiger charge is 2.42. The van der Waals surface area contributed by atoms with Crippen molar-refractivity contribution in [3.8, 4) is 0 Å². The summed E-state index contributed by atoms with van der Waals surface area (Å²) in [5.41, 5.74) is 0. The Labute approximate surface area is 91.9 Å². The van der Waals surface area contributed by atoms with Gasteiger partial charge in [-0.1, -0.05) is 0 Å². The quantitative estimate of drug-likeness (QED) is 0.883. The summed E-state index contributed by atoms with van der Waals surface area (Å²) < 4.78 is 39.5. The smallest absolute Gasteiger partial charge is 0.380 e. The SMILES string of the molecule is O=C(O)C(F)(F)c1cc2cc(F)ccc2s1. The van der Waals surface area contributed by atoms with Gasteiger partial charge in [-0.15, -0.1) is 11.3 Å². The molecule has 1 aromatic carbocycles. The molecule has 0 saturated heterocycles. The van der Waals surface area contributed by atoms with Crippen molar-refractivity contribution in [1.29, 1.82) is 0 Å². The van der Waals surface area contributed by atoms with E-state index in [2.05, 4.69) is 0 Å². The number of hydrogen-bond acceptors (Lipinski definition) is 2. The molecule has 0 amide bonds. The Morgan fingerprint density at radius 3 is 2.62 bits per heavy atom. The van der Waals surface area contributed by atoms with Crippen LogP contribution >= 0.6 is 11.3 Å². The van der Waals surface area contributed by atoms with Crippen LogP contribution in [-0.4, -0.2) is 11.1 Å². The molecule has 0 saturated carbocycles. The summed E-state index contributed by atoms with van der Waals surface area (Å²) >= 11 is 0.644. The van der Waals surface area contributed by atoms with Crippen LogP contribution in [0.4, 0.5) is 13.2 Å². The Morgan fingerprint density at radius 1 is 1.31 bits per heavy atom. The zero-order valence-corrected chi connectivity index (χ0v) is 8.52. The first-order valence-corrected chi connectivity index (χ1v) is 5.03. The molecule has 2 rings (SSSR count). The molecule has 0 aliphatic carbocycles. The van der Waals surface area contributed by atoms with E-state index in [4.69, 9.17) is 5.11 Å². The predicted molar refractivity (Wildman–Crippen MR) is 53.3 cm³/mol. The minimum Gasteiger partial charge on any atom is -0.477 e. The van der Waals surface area contributed by atoms with Gasteiger partial charge in [-0.05, 0) is 29.7 Å². The summed E-state index contributed by atoms with van der Waals surface area (Å²) in [5, 5.41) is 8.64. The maximum atomic E-state index is 13.1. The molecule has 6 heteroatoms. The third-order valence-corrected chi connectivity index (χ3v) is 3.24. The second kappa shape index (κ2) is 3.48. The molecule has 0 fully saturated rings. The maximum Gasteiger partial charge on any atom is 0.380 e. The van der Waals surface area contributed by atoms with E-state index in [-0.39, 0.29) is 5.39 Å². The number of rotatable bonds is 2. The van der Waals surface area contributed by atoms with Crippen molar-refractivity contribution in [2.75, 3.05) is 0 Å². The number of hydrogen-bond donors (Lipinski definition) is 1. The van der Waals surface area contributed by atoms with E-state index in [9.17, 15) is 18.0 Å². The molecule has 2 nitrogen and oxygen atoms in total. The summed E-state index contributed by atoms with van der Waals surface area (Å²) in [6.45, 7) is 0. The molecule has 1 heterocycles. The number of carbonyl (C=O) groups is 1. The Hall–Kier alpha value is -1.56. The van der Waals surface area contributed by atoms with Crippen molar-refractivity contribution < 1.29 is 23.1 Å². The largest absolute Gasteiger partial charge is 0.477 e. The van der Waals surface area contributed by atoms with Crippen molar-refractivity contribution in [2.45, 2.75) is 5.92 Å². The summed E-state index contributed by atoms with van der Waals surface area (Å²) in [6.07, 6.45) is 0. The lowest BCUT2D eigenvalue weighted by Gasteiger charge is -2.06. The molecule has 2 aromatic rings. The normalized spacial score (nSPS) is 11.9. The van der Waals surface area contributed by atoms with Crippen molar-refractivity contribution in [3.63, 3.8) is 0 Å². The van der Waals surface area contributed by atoms with Gasteiger partial charge in [-0.25, -0.2) is 9.18 Å². The van der Waals surface area contributed by atoms with E-state index in [0.717, 1.165) is 18.2 Å². The van der Waals surface area contributed by atoms with Gasteiger partial charge in [0.2, 0.25) is 0 Å². The van der Waals surface area contributed by atoms with Gasteiger partial charge < -0.3 is 5.11 Å². The number of halogens is 3. The minimum atomic E-state index is -3.93. The molecule has 84 valence electrons. The van der Waals surface area contributed by atoms with Crippen molar-refractivity contribution >= 4 is 27.4 Å².